The zero-order valence-corrected chi connectivity index (χ0v) is 17.9. The van der Waals surface area contributed by atoms with Gasteiger partial charge in [0.1, 0.15) is 11.8 Å². The van der Waals surface area contributed by atoms with Crippen molar-refractivity contribution in [2.45, 2.75) is 25.9 Å². The number of rotatable bonds is 8. The van der Waals surface area contributed by atoms with Gasteiger partial charge in [0.05, 0.1) is 11.1 Å². The number of aromatic nitrogens is 1. The Morgan fingerprint density at radius 3 is 2.78 bits per heavy atom. The van der Waals surface area contributed by atoms with Gasteiger partial charge in [-0.3, -0.25) is 10.1 Å². The van der Waals surface area contributed by atoms with E-state index in [0.717, 1.165) is 36.7 Å². The number of carbonyl (C=O) groups is 1. The van der Waals surface area contributed by atoms with Gasteiger partial charge in [-0.25, -0.2) is 0 Å². The molecule has 0 radical (unpaired) electrons. The molecule has 0 aliphatic carbocycles. The third-order valence-electron chi connectivity index (χ3n) is 4.31. The molecule has 142 valence electrons. The first-order chi connectivity index (χ1) is 13.0. The van der Waals surface area contributed by atoms with Crippen molar-refractivity contribution in [2.24, 2.45) is 0 Å². The molecular weight excluding hydrogens is 476 g/mol. The van der Waals surface area contributed by atoms with Crippen LogP contribution in [0.2, 0.25) is 0 Å². The SMILES string of the molecule is CCOc1c(Br)cc(Br)cc1CNC(Cc1c[nH]c2ccccc12)C(=O)O. The second-order valence-electron chi connectivity index (χ2n) is 6.14. The van der Waals surface area contributed by atoms with Gasteiger partial charge in [0.25, 0.3) is 0 Å². The molecule has 2 aromatic carbocycles. The third-order valence-corrected chi connectivity index (χ3v) is 5.36. The summed E-state index contributed by atoms with van der Waals surface area (Å²) in [5.41, 5.74) is 2.88. The Morgan fingerprint density at radius 1 is 1.26 bits per heavy atom. The Kier molecular flexibility index (Phi) is 6.57. The molecule has 3 N–H and O–H groups in total. The van der Waals surface area contributed by atoms with Crippen LogP contribution in [0.25, 0.3) is 10.9 Å². The molecule has 3 aromatic rings. The van der Waals surface area contributed by atoms with Crippen molar-refractivity contribution in [3.8, 4) is 5.75 Å². The first-order valence-electron chi connectivity index (χ1n) is 8.61. The minimum absolute atomic E-state index is 0.382. The Bertz CT molecular complexity index is 956. The number of hydrogen-bond donors (Lipinski definition) is 3. The normalized spacial score (nSPS) is 12.3. The van der Waals surface area contributed by atoms with Crippen molar-refractivity contribution in [2.75, 3.05) is 6.61 Å². The Labute approximate surface area is 174 Å². The van der Waals surface area contributed by atoms with E-state index < -0.39 is 12.0 Å². The third kappa shape index (κ3) is 4.72. The molecule has 27 heavy (non-hydrogen) atoms. The molecule has 1 aromatic heterocycles. The fourth-order valence-electron chi connectivity index (χ4n) is 3.05. The fraction of sp³-hybridized carbons (Fsp3) is 0.250. The van der Waals surface area contributed by atoms with Crippen LogP contribution in [0.3, 0.4) is 0 Å². The summed E-state index contributed by atoms with van der Waals surface area (Å²) in [6.45, 7) is 2.83. The maximum atomic E-state index is 11.8. The van der Waals surface area contributed by atoms with Crippen LogP contribution in [0.4, 0.5) is 0 Å². The van der Waals surface area contributed by atoms with Gasteiger partial charge in [0.15, 0.2) is 0 Å². The average molecular weight is 496 g/mol. The minimum atomic E-state index is -0.882. The minimum Gasteiger partial charge on any atom is -0.492 e. The molecule has 0 aliphatic heterocycles. The van der Waals surface area contributed by atoms with E-state index in [9.17, 15) is 9.90 Å². The predicted octanol–water partition coefficient (Wildman–Crippen LogP) is 4.88. The van der Waals surface area contributed by atoms with Crippen LogP contribution < -0.4 is 10.1 Å². The van der Waals surface area contributed by atoms with Crippen LogP contribution in [0, 0.1) is 0 Å². The predicted molar refractivity (Wildman–Crippen MR) is 113 cm³/mol. The Morgan fingerprint density at radius 2 is 2.04 bits per heavy atom. The number of aromatic amines is 1. The van der Waals surface area contributed by atoms with E-state index in [1.807, 2.05) is 49.5 Å². The number of carboxylic acid groups (broad SMARTS) is 1. The van der Waals surface area contributed by atoms with E-state index in [4.69, 9.17) is 4.74 Å². The Hall–Kier alpha value is -1.83. The molecule has 0 spiro atoms. The van der Waals surface area contributed by atoms with Gasteiger partial charge in [-0.05, 0) is 46.6 Å². The van der Waals surface area contributed by atoms with Crippen molar-refractivity contribution >= 4 is 48.7 Å². The van der Waals surface area contributed by atoms with Crippen LogP contribution in [-0.4, -0.2) is 28.7 Å². The van der Waals surface area contributed by atoms with Gasteiger partial charge in [-0.2, -0.15) is 0 Å². The molecule has 7 heteroatoms. The summed E-state index contributed by atoms with van der Waals surface area (Å²) in [5.74, 6) is -0.156. The molecule has 5 nitrogen and oxygen atoms in total. The molecule has 0 fully saturated rings. The number of H-pyrrole nitrogens is 1. The second-order valence-corrected chi connectivity index (χ2v) is 7.91. The maximum Gasteiger partial charge on any atom is 0.321 e. The summed E-state index contributed by atoms with van der Waals surface area (Å²) in [5, 5.41) is 13.9. The first kappa shape index (κ1) is 19.9. The number of aliphatic carboxylic acids is 1. The number of fused-ring (bicyclic) bond motifs is 1. The zero-order valence-electron chi connectivity index (χ0n) is 14.8. The van der Waals surface area contributed by atoms with Gasteiger partial charge in [0, 0.05) is 40.1 Å². The van der Waals surface area contributed by atoms with Gasteiger partial charge in [-0.1, -0.05) is 34.1 Å². The summed E-state index contributed by atoms with van der Waals surface area (Å²) < 4.78 is 7.45. The summed E-state index contributed by atoms with van der Waals surface area (Å²) >= 11 is 6.98. The van der Waals surface area contributed by atoms with E-state index >= 15 is 0 Å². The van der Waals surface area contributed by atoms with Gasteiger partial charge in [-0.15, -0.1) is 0 Å². The van der Waals surface area contributed by atoms with E-state index in [-0.39, 0.29) is 0 Å². The molecular formula is C20H20Br2N2O3. The molecule has 0 bridgehead atoms. The highest BCUT2D eigenvalue weighted by atomic mass is 79.9. The van der Waals surface area contributed by atoms with Crippen LogP contribution in [0.1, 0.15) is 18.1 Å². The lowest BCUT2D eigenvalue weighted by molar-refractivity contribution is -0.139. The lowest BCUT2D eigenvalue weighted by Gasteiger charge is -2.17. The summed E-state index contributed by atoms with van der Waals surface area (Å²) in [6, 6.07) is 11.0. The molecule has 1 heterocycles. The van der Waals surface area contributed by atoms with Gasteiger partial charge in [0.2, 0.25) is 0 Å². The average Bonchev–Trinajstić information content (AvgIpc) is 3.04. The van der Waals surface area contributed by atoms with Crippen molar-refractivity contribution in [3.63, 3.8) is 0 Å². The number of ether oxygens (including phenoxy) is 1. The monoisotopic (exact) mass is 494 g/mol. The number of benzene rings is 2. The fourth-order valence-corrected chi connectivity index (χ4v) is 4.48. The molecule has 0 amide bonds. The highest BCUT2D eigenvalue weighted by Gasteiger charge is 2.20. The van der Waals surface area contributed by atoms with Gasteiger partial charge < -0.3 is 14.8 Å². The second kappa shape index (κ2) is 8.91. The van der Waals surface area contributed by atoms with Crippen molar-refractivity contribution in [1.29, 1.82) is 0 Å². The summed E-state index contributed by atoms with van der Waals surface area (Å²) in [4.78, 5) is 15.0. The van der Waals surface area contributed by atoms with E-state index in [1.165, 1.54) is 0 Å². The lowest BCUT2D eigenvalue weighted by Crippen LogP contribution is -2.38. The Balaban J connectivity index is 1.79. The number of halogens is 2. The molecule has 0 saturated heterocycles. The van der Waals surface area contributed by atoms with Crippen molar-refractivity contribution < 1.29 is 14.6 Å². The first-order valence-corrected chi connectivity index (χ1v) is 10.2. The van der Waals surface area contributed by atoms with Crippen LogP contribution in [-0.2, 0) is 17.8 Å². The van der Waals surface area contributed by atoms with E-state index in [2.05, 4.69) is 42.2 Å². The maximum absolute atomic E-state index is 11.8. The molecule has 1 atom stereocenters. The topological polar surface area (TPSA) is 74.3 Å². The molecule has 3 rings (SSSR count). The summed E-state index contributed by atoms with van der Waals surface area (Å²) in [7, 11) is 0. The van der Waals surface area contributed by atoms with Crippen LogP contribution in [0.5, 0.6) is 5.75 Å². The van der Waals surface area contributed by atoms with Gasteiger partial charge >= 0.3 is 5.97 Å². The number of hydrogen-bond acceptors (Lipinski definition) is 3. The molecule has 0 aliphatic rings. The molecule has 0 saturated carbocycles. The lowest BCUT2D eigenvalue weighted by atomic mass is 10.0. The van der Waals surface area contributed by atoms with Crippen LogP contribution >= 0.6 is 31.9 Å². The van der Waals surface area contributed by atoms with Crippen LogP contribution in [0.15, 0.2) is 51.5 Å². The van der Waals surface area contributed by atoms with Crippen molar-refractivity contribution in [1.82, 2.24) is 10.3 Å². The van der Waals surface area contributed by atoms with E-state index in [0.29, 0.717) is 19.6 Å². The highest BCUT2D eigenvalue weighted by Crippen LogP contribution is 2.33. The highest BCUT2D eigenvalue weighted by molar-refractivity contribution is 9.11. The smallest absolute Gasteiger partial charge is 0.321 e. The number of para-hydroxylation sites is 1. The zero-order chi connectivity index (χ0) is 19.4. The number of carboxylic acids is 1. The number of nitrogens with one attached hydrogen (secondary N) is 2. The summed E-state index contributed by atoms with van der Waals surface area (Å²) in [6.07, 6.45) is 2.27. The quantitative estimate of drug-likeness (QED) is 0.416. The standard InChI is InChI=1S/C20H20Br2N2O3/c1-2-27-19-13(7-14(21)9-16(19)22)11-24-18(20(25)26)8-12-10-23-17-6-4-3-5-15(12)17/h3-7,9-10,18,23-24H,2,8,11H2,1H3,(H,25,26). The largest absolute Gasteiger partial charge is 0.492 e. The van der Waals surface area contributed by atoms with E-state index in [1.54, 1.807) is 0 Å². The van der Waals surface area contributed by atoms with Crippen molar-refractivity contribution in [3.05, 3.63) is 62.7 Å². The molecule has 1 unspecified atom stereocenters.